The van der Waals surface area contributed by atoms with E-state index in [1.54, 1.807) is 41.5 Å². The third kappa shape index (κ3) is 8.59. The molecule has 0 unspecified atom stereocenters. The van der Waals surface area contributed by atoms with Gasteiger partial charge >= 0.3 is 11.9 Å². The van der Waals surface area contributed by atoms with Crippen molar-refractivity contribution >= 4 is 11.9 Å². The molecule has 5 nitrogen and oxygen atoms in total. The van der Waals surface area contributed by atoms with E-state index >= 15 is 0 Å². The van der Waals surface area contributed by atoms with Gasteiger partial charge in [-0.05, 0) is 54.4 Å². The lowest BCUT2D eigenvalue weighted by Gasteiger charge is -2.22. The lowest BCUT2D eigenvalue weighted by atomic mass is 9.95. The summed E-state index contributed by atoms with van der Waals surface area (Å²) in [6.07, 6.45) is -0.0495. The van der Waals surface area contributed by atoms with E-state index < -0.39 is 23.5 Å². The van der Waals surface area contributed by atoms with E-state index in [2.05, 4.69) is 0 Å². The Balaban J connectivity index is 4.72. The van der Waals surface area contributed by atoms with Gasteiger partial charge in [-0.25, -0.2) is 0 Å². The number of ether oxygens (including phenoxy) is 2. The molecule has 0 heterocycles. The first-order valence-corrected chi connectivity index (χ1v) is 6.66. The average molecular weight is 274 g/mol. The van der Waals surface area contributed by atoms with Crippen LogP contribution in [-0.4, -0.2) is 34.9 Å². The summed E-state index contributed by atoms with van der Waals surface area (Å²) in [4.78, 5) is 23.8. The lowest BCUT2D eigenvalue weighted by molar-refractivity contribution is -0.167. The first-order chi connectivity index (χ1) is 8.53. The largest absolute Gasteiger partial charge is 0.462 e. The van der Waals surface area contributed by atoms with Gasteiger partial charge in [0.05, 0.1) is 17.8 Å². The van der Waals surface area contributed by atoms with Crippen molar-refractivity contribution in [3.05, 3.63) is 0 Å². The molecule has 0 radical (unpaired) electrons. The van der Waals surface area contributed by atoms with Gasteiger partial charge in [-0.15, -0.1) is 0 Å². The zero-order valence-electron chi connectivity index (χ0n) is 12.7. The van der Waals surface area contributed by atoms with Gasteiger partial charge in [-0.2, -0.15) is 0 Å². The van der Waals surface area contributed by atoms with E-state index in [-0.39, 0.29) is 18.6 Å². The van der Waals surface area contributed by atoms with Crippen LogP contribution in [0, 0.1) is 5.92 Å². The zero-order chi connectivity index (χ0) is 15.2. The molecule has 0 aliphatic heterocycles. The summed E-state index contributed by atoms with van der Waals surface area (Å²) in [5, 5.41) is 9.69. The number of rotatable bonds is 7. The van der Waals surface area contributed by atoms with Crippen molar-refractivity contribution in [2.45, 2.75) is 72.2 Å². The van der Waals surface area contributed by atoms with E-state index in [0.29, 0.717) is 6.42 Å². The van der Waals surface area contributed by atoms with Crippen molar-refractivity contribution in [1.29, 1.82) is 0 Å². The van der Waals surface area contributed by atoms with Gasteiger partial charge in [0.1, 0.15) is 0 Å². The second kappa shape index (κ2) is 7.48. The van der Waals surface area contributed by atoms with Crippen molar-refractivity contribution in [2.24, 2.45) is 5.92 Å². The molecule has 0 aromatic rings. The molecule has 0 saturated carbocycles. The van der Waals surface area contributed by atoms with Crippen LogP contribution < -0.4 is 0 Å². The first kappa shape index (κ1) is 17.9. The highest BCUT2D eigenvalue weighted by atomic mass is 16.6. The summed E-state index contributed by atoms with van der Waals surface area (Å²) in [5.41, 5.74) is -0.936. The molecule has 19 heavy (non-hydrogen) atoms. The van der Waals surface area contributed by atoms with Gasteiger partial charge in [0.2, 0.25) is 0 Å². The van der Waals surface area contributed by atoms with Crippen LogP contribution in [0.2, 0.25) is 0 Å². The van der Waals surface area contributed by atoms with Crippen molar-refractivity contribution in [1.82, 2.24) is 0 Å². The molecular formula is C14H26O5. The summed E-state index contributed by atoms with van der Waals surface area (Å²) in [7, 11) is 0. The number of carbonyl (C=O) groups is 2. The Labute approximate surface area is 115 Å². The predicted octanol–water partition coefficient (Wildman–Crippen LogP) is 2.06. The molecule has 1 N–H and O–H groups in total. The minimum absolute atomic E-state index is 0.209. The maximum atomic E-state index is 11.9. The third-order valence-corrected chi connectivity index (χ3v) is 2.32. The van der Waals surface area contributed by atoms with Crippen molar-refractivity contribution < 1.29 is 24.2 Å². The molecule has 5 heteroatoms. The summed E-state index contributed by atoms with van der Waals surface area (Å²) in [6, 6.07) is 0. The molecule has 0 aromatic heterocycles. The number of aliphatic hydroxyl groups is 1. The molecule has 0 saturated heterocycles. The Morgan fingerprint density at radius 3 is 1.63 bits per heavy atom. The van der Waals surface area contributed by atoms with Gasteiger partial charge in [0.25, 0.3) is 0 Å². The Hall–Kier alpha value is -1.10. The van der Waals surface area contributed by atoms with Crippen LogP contribution in [0.3, 0.4) is 0 Å². The van der Waals surface area contributed by atoms with Crippen LogP contribution in [0.1, 0.15) is 54.4 Å². The fraction of sp³-hybridized carbons (Fsp3) is 0.857. The summed E-state index contributed by atoms with van der Waals surface area (Å²) >= 11 is 0. The van der Waals surface area contributed by atoms with Crippen LogP contribution in [0.4, 0.5) is 0 Å². The van der Waals surface area contributed by atoms with Crippen molar-refractivity contribution in [2.75, 3.05) is 0 Å². The summed E-state index contributed by atoms with van der Waals surface area (Å²) in [5.74, 6) is -2.16. The topological polar surface area (TPSA) is 72.8 Å². The molecule has 112 valence electrons. The van der Waals surface area contributed by atoms with E-state index in [1.807, 2.05) is 0 Å². The smallest absolute Gasteiger partial charge is 0.320 e. The van der Waals surface area contributed by atoms with Crippen molar-refractivity contribution in [3.63, 3.8) is 0 Å². The minimum Gasteiger partial charge on any atom is -0.462 e. The standard InChI is InChI=1S/C14H26O5/c1-9(2)18-12(15)11(7-8-14(5,6)17)13(16)19-10(3)4/h9-11,17H,7-8H2,1-6H3. The van der Waals surface area contributed by atoms with Gasteiger partial charge < -0.3 is 14.6 Å². The molecule has 0 fully saturated rings. The molecule has 0 aliphatic rings. The van der Waals surface area contributed by atoms with Gasteiger partial charge in [0, 0.05) is 0 Å². The fourth-order valence-electron chi connectivity index (χ4n) is 1.46. The SMILES string of the molecule is CC(C)OC(=O)C(CCC(C)(C)O)C(=O)OC(C)C. The Kier molecular flexibility index (Phi) is 7.05. The highest BCUT2D eigenvalue weighted by Gasteiger charge is 2.32. The molecule has 0 spiro atoms. The molecule has 0 aromatic carbocycles. The zero-order valence-corrected chi connectivity index (χ0v) is 12.7. The second-order valence-electron chi connectivity index (χ2n) is 5.87. The summed E-state index contributed by atoms with van der Waals surface area (Å²) in [6.45, 7) is 10.1. The van der Waals surface area contributed by atoms with Gasteiger partial charge in [-0.3, -0.25) is 9.59 Å². The van der Waals surface area contributed by atoms with Crippen LogP contribution in [0.5, 0.6) is 0 Å². The first-order valence-electron chi connectivity index (χ1n) is 6.66. The molecule has 0 rings (SSSR count). The highest BCUT2D eigenvalue weighted by Crippen LogP contribution is 2.19. The van der Waals surface area contributed by atoms with E-state index in [0.717, 1.165) is 0 Å². The average Bonchev–Trinajstić information content (AvgIpc) is 2.12. The lowest BCUT2D eigenvalue weighted by Crippen LogP contribution is -2.33. The highest BCUT2D eigenvalue weighted by molar-refractivity contribution is 5.95. The molecule has 0 bridgehead atoms. The van der Waals surface area contributed by atoms with Crippen LogP contribution in [0.25, 0.3) is 0 Å². The Bertz CT molecular complexity index is 279. The quantitative estimate of drug-likeness (QED) is 0.568. The Morgan fingerprint density at radius 2 is 1.37 bits per heavy atom. The molecule has 0 aliphatic carbocycles. The predicted molar refractivity (Wildman–Crippen MR) is 71.5 cm³/mol. The minimum atomic E-state index is -0.976. The summed E-state index contributed by atoms with van der Waals surface area (Å²) < 4.78 is 10.1. The number of carbonyl (C=O) groups excluding carboxylic acids is 2. The van der Waals surface area contributed by atoms with E-state index in [9.17, 15) is 14.7 Å². The molecule has 0 atom stereocenters. The van der Waals surface area contributed by atoms with E-state index in [1.165, 1.54) is 0 Å². The van der Waals surface area contributed by atoms with Crippen LogP contribution in [-0.2, 0) is 19.1 Å². The second-order valence-corrected chi connectivity index (χ2v) is 5.87. The monoisotopic (exact) mass is 274 g/mol. The maximum Gasteiger partial charge on any atom is 0.320 e. The fourth-order valence-corrected chi connectivity index (χ4v) is 1.46. The van der Waals surface area contributed by atoms with Gasteiger partial charge in [-0.1, -0.05) is 0 Å². The Morgan fingerprint density at radius 1 is 1.00 bits per heavy atom. The third-order valence-electron chi connectivity index (χ3n) is 2.32. The normalized spacial score (nSPS) is 12.1. The van der Waals surface area contributed by atoms with Gasteiger partial charge in [0.15, 0.2) is 5.92 Å². The van der Waals surface area contributed by atoms with E-state index in [4.69, 9.17) is 9.47 Å². The maximum absolute atomic E-state index is 11.9. The number of hydrogen-bond acceptors (Lipinski definition) is 5. The molecular weight excluding hydrogens is 248 g/mol. The molecule has 0 amide bonds. The number of esters is 2. The van der Waals surface area contributed by atoms with Crippen LogP contribution >= 0.6 is 0 Å². The van der Waals surface area contributed by atoms with Crippen molar-refractivity contribution in [3.8, 4) is 0 Å². The van der Waals surface area contributed by atoms with Crippen LogP contribution in [0.15, 0.2) is 0 Å². The number of hydrogen-bond donors (Lipinski definition) is 1.